The van der Waals surface area contributed by atoms with Crippen molar-refractivity contribution in [3.05, 3.63) is 11.8 Å². The highest BCUT2D eigenvalue weighted by atomic mass is 16.4. The van der Waals surface area contributed by atoms with E-state index in [2.05, 4.69) is 6.92 Å². The van der Waals surface area contributed by atoms with Crippen molar-refractivity contribution in [2.45, 2.75) is 39.0 Å². The summed E-state index contributed by atoms with van der Waals surface area (Å²) in [6.45, 7) is 2.12. The van der Waals surface area contributed by atoms with Gasteiger partial charge in [-0.25, -0.2) is 4.79 Å². The van der Waals surface area contributed by atoms with Crippen LogP contribution in [0.15, 0.2) is 11.8 Å². The molecule has 2 N–H and O–H groups in total. The summed E-state index contributed by atoms with van der Waals surface area (Å²) in [6.07, 6.45) is 6.39. The van der Waals surface area contributed by atoms with E-state index >= 15 is 0 Å². The summed E-state index contributed by atoms with van der Waals surface area (Å²) >= 11 is 0. The lowest BCUT2D eigenvalue weighted by atomic mass is 10.1. The lowest BCUT2D eigenvalue weighted by Gasteiger charge is -1.94. The topological polar surface area (TPSA) is 57.5 Å². The number of aliphatic hydroxyl groups is 1. The Hall–Kier alpha value is -0.990. The molecule has 0 aliphatic heterocycles. The monoisotopic (exact) mass is 172 g/mol. The molecule has 0 bridgehead atoms. The summed E-state index contributed by atoms with van der Waals surface area (Å²) in [5, 5.41) is 17.0. The summed E-state index contributed by atoms with van der Waals surface area (Å²) in [4.78, 5) is 10.1. The molecule has 0 saturated heterocycles. The number of hydrogen-bond acceptors (Lipinski definition) is 2. The normalized spacial score (nSPS) is 11.6. The number of rotatable bonds is 6. The van der Waals surface area contributed by atoms with Crippen LogP contribution in [0.5, 0.6) is 0 Å². The van der Waals surface area contributed by atoms with E-state index in [1.54, 1.807) is 0 Å². The van der Waals surface area contributed by atoms with E-state index in [0.717, 1.165) is 19.3 Å². The molecule has 0 fully saturated rings. The first-order valence-corrected chi connectivity index (χ1v) is 4.31. The molecular weight excluding hydrogens is 156 g/mol. The lowest BCUT2D eigenvalue weighted by Crippen LogP contribution is -1.98. The van der Waals surface area contributed by atoms with Gasteiger partial charge in [0.05, 0.1) is 0 Å². The van der Waals surface area contributed by atoms with Crippen molar-refractivity contribution < 1.29 is 15.0 Å². The molecule has 0 spiro atoms. The fourth-order valence-corrected chi connectivity index (χ4v) is 0.897. The average Bonchev–Trinajstić information content (AvgIpc) is 2.03. The van der Waals surface area contributed by atoms with Gasteiger partial charge >= 0.3 is 5.97 Å². The fourth-order valence-electron chi connectivity index (χ4n) is 0.897. The van der Waals surface area contributed by atoms with Crippen LogP contribution in [-0.2, 0) is 4.79 Å². The molecule has 3 nitrogen and oxygen atoms in total. The van der Waals surface area contributed by atoms with Gasteiger partial charge in [0, 0.05) is 0 Å². The molecule has 70 valence electrons. The van der Waals surface area contributed by atoms with Crippen LogP contribution in [0.1, 0.15) is 39.0 Å². The Morgan fingerprint density at radius 1 is 1.25 bits per heavy atom. The third kappa shape index (κ3) is 5.77. The Labute approximate surface area is 72.7 Å². The van der Waals surface area contributed by atoms with E-state index in [0.29, 0.717) is 6.42 Å². The molecule has 0 aromatic carbocycles. The second kappa shape index (κ2) is 6.70. The van der Waals surface area contributed by atoms with Crippen LogP contribution in [0.4, 0.5) is 0 Å². The maximum Gasteiger partial charge on any atom is 0.370 e. The molecule has 0 radical (unpaired) electrons. The molecule has 0 heterocycles. The van der Waals surface area contributed by atoms with E-state index in [-0.39, 0.29) is 0 Å². The Morgan fingerprint density at radius 3 is 2.42 bits per heavy atom. The van der Waals surface area contributed by atoms with Gasteiger partial charge in [-0.2, -0.15) is 0 Å². The third-order valence-corrected chi connectivity index (χ3v) is 1.61. The predicted octanol–water partition coefficient (Wildman–Crippen LogP) is 2.48. The van der Waals surface area contributed by atoms with E-state index < -0.39 is 11.7 Å². The van der Waals surface area contributed by atoms with E-state index in [1.807, 2.05) is 0 Å². The first kappa shape index (κ1) is 11.0. The Bertz CT molecular complexity index is 161. The quantitative estimate of drug-likeness (QED) is 0.367. The van der Waals surface area contributed by atoms with Gasteiger partial charge in [0.25, 0.3) is 0 Å². The van der Waals surface area contributed by atoms with E-state index in [9.17, 15) is 4.79 Å². The molecular formula is C9H16O3. The van der Waals surface area contributed by atoms with Gasteiger partial charge in [-0.1, -0.05) is 26.2 Å². The number of carbonyl (C=O) groups is 1. The van der Waals surface area contributed by atoms with Crippen molar-refractivity contribution in [2.24, 2.45) is 0 Å². The molecule has 0 aromatic rings. The molecule has 0 rings (SSSR count). The van der Waals surface area contributed by atoms with Crippen LogP contribution in [0.3, 0.4) is 0 Å². The second-order valence-electron chi connectivity index (χ2n) is 2.74. The SMILES string of the molecule is CCCCCCC=C(O)C(=O)O. The van der Waals surface area contributed by atoms with Crippen LogP contribution in [0, 0.1) is 0 Å². The van der Waals surface area contributed by atoms with Gasteiger partial charge < -0.3 is 10.2 Å². The first-order valence-electron chi connectivity index (χ1n) is 4.31. The first-order chi connectivity index (χ1) is 5.68. The van der Waals surface area contributed by atoms with Crippen molar-refractivity contribution in [3.8, 4) is 0 Å². The van der Waals surface area contributed by atoms with Crippen LogP contribution >= 0.6 is 0 Å². The zero-order chi connectivity index (χ0) is 9.40. The summed E-state index contributed by atoms with van der Waals surface area (Å²) in [7, 11) is 0. The number of aliphatic carboxylic acids is 1. The van der Waals surface area contributed by atoms with Gasteiger partial charge in [-0.3, -0.25) is 0 Å². The summed E-state index contributed by atoms with van der Waals surface area (Å²) < 4.78 is 0. The molecule has 3 heteroatoms. The smallest absolute Gasteiger partial charge is 0.370 e. The molecule has 0 amide bonds. The van der Waals surface area contributed by atoms with Crippen molar-refractivity contribution in [2.75, 3.05) is 0 Å². The molecule has 0 aliphatic carbocycles. The van der Waals surface area contributed by atoms with Crippen LogP contribution in [0.25, 0.3) is 0 Å². The van der Waals surface area contributed by atoms with Crippen molar-refractivity contribution in [1.82, 2.24) is 0 Å². The zero-order valence-corrected chi connectivity index (χ0v) is 7.42. The minimum atomic E-state index is -1.24. The number of unbranched alkanes of at least 4 members (excludes halogenated alkanes) is 4. The Kier molecular flexibility index (Phi) is 6.15. The predicted molar refractivity (Wildman–Crippen MR) is 47.1 cm³/mol. The highest BCUT2D eigenvalue weighted by Crippen LogP contribution is 2.04. The minimum absolute atomic E-state index is 0.536. The summed E-state index contributed by atoms with van der Waals surface area (Å²) in [5.74, 6) is -1.78. The van der Waals surface area contributed by atoms with Crippen LogP contribution in [0.2, 0.25) is 0 Å². The highest BCUT2D eigenvalue weighted by Gasteiger charge is 2.00. The summed E-state index contributed by atoms with van der Waals surface area (Å²) in [6, 6.07) is 0. The van der Waals surface area contributed by atoms with E-state index in [1.165, 1.54) is 12.5 Å². The standard InChI is InChI=1S/C9H16O3/c1-2-3-4-5-6-7-8(10)9(11)12/h7,10H,2-6H2,1H3,(H,11,12). The molecule has 0 saturated carbocycles. The van der Waals surface area contributed by atoms with Crippen molar-refractivity contribution >= 4 is 5.97 Å². The number of hydrogen-bond donors (Lipinski definition) is 2. The van der Waals surface area contributed by atoms with Gasteiger partial charge in [0.2, 0.25) is 0 Å². The average molecular weight is 172 g/mol. The number of carboxylic acid groups (broad SMARTS) is 1. The minimum Gasteiger partial charge on any atom is -0.502 e. The maximum absolute atomic E-state index is 10.1. The van der Waals surface area contributed by atoms with Gasteiger partial charge in [-0.15, -0.1) is 0 Å². The highest BCUT2D eigenvalue weighted by molar-refractivity contribution is 5.83. The molecule has 12 heavy (non-hydrogen) atoms. The third-order valence-electron chi connectivity index (χ3n) is 1.61. The molecule has 0 aliphatic rings. The largest absolute Gasteiger partial charge is 0.502 e. The Morgan fingerprint density at radius 2 is 1.92 bits per heavy atom. The van der Waals surface area contributed by atoms with Crippen LogP contribution < -0.4 is 0 Å². The van der Waals surface area contributed by atoms with Gasteiger partial charge in [-0.05, 0) is 18.9 Å². The number of carboxylic acids is 1. The van der Waals surface area contributed by atoms with Crippen molar-refractivity contribution in [1.29, 1.82) is 0 Å². The maximum atomic E-state index is 10.1. The number of allylic oxidation sites excluding steroid dienone is 1. The number of aliphatic hydroxyl groups excluding tert-OH is 1. The molecule has 0 atom stereocenters. The summed E-state index contributed by atoms with van der Waals surface area (Å²) in [5.41, 5.74) is 0. The van der Waals surface area contributed by atoms with Gasteiger partial charge in [0.15, 0.2) is 5.76 Å². The van der Waals surface area contributed by atoms with Crippen LogP contribution in [-0.4, -0.2) is 16.2 Å². The molecule has 0 unspecified atom stereocenters. The second-order valence-corrected chi connectivity index (χ2v) is 2.74. The molecule has 0 aromatic heterocycles. The lowest BCUT2D eigenvalue weighted by molar-refractivity contribution is -0.135. The van der Waals surface area contributed by atoms with Gasteiger partial charge in [0.1, 0.15) is 0 Å². The van der Waals surface area contributed by atoms with E-state index in [4.69, 9.17) is 10.2 Å². The zero-order valence-electron chi connectivity index (χ0n) is 7.42. The Balaban J connectivity index is 3.40. The fraction of sp³-hybridized carbons (Fsp3) is 0.667. The van der Waals surface area contributed by atoms with Crippen molar-refractivity contribution in [3.63, 3.8) is 0 Å².